The first-order valence-electron chi connectivity index (χ1n) is 8.18. The molecule has 0 saturated carbocycles. The minimum Gasteiger partial charge on any atom is -0.298 e. The topological polar surface area (TPSA) is 40.6 Å². The molecule has 0 unspecified atom stereocenters. The van der Waals surface area contributed by atoms with E-state index in [4.69, 9.17) is 0 Å². The Morgan fingerprint density at radius 2 is 1.60 bits per heavy atom. The second-order valence-corrected chi connectivity index (χ2v) is 8.02. The van der Waals surface area contributed by atoms with Crippen molar-refractivity contribution in [2.75, 3.05) is 26.2 Å². The molecule has 0 amide bonds. The monoisotopic (exact) mass is 366 g/mol. The molecule has 1 fully saturated rings. The lowest BCUT2D eigenvalue weighted by atomic mass is 10.2. The van der Waals surface area contributed by atoms with Crippen molar-refractivity contribution in [1.82, 2.24) is 9.21 Å². The van der Waals surface area contributed by atoms with Crippen LogP contribution in [0.1, 0.15) is 12.0 Å². The Bertz CT molecular complexity index is 825. The molecule has 0 radical (unpaired) electrons. The van der Waals surface area contributed by atoms with E-state index < -0.39 is 15.8 Å². The molecule has 0 N–H and O–H groups in total. The van der Waals surface area contributed by atoms with E-state index in [0.717, 1.165) is 12.1 Å². The van der Waals surface area contributed by atoms with E-state index in [2.05, 4.69) is 4.90 Å². The quantitative estimate of drug-likeness (QED) is 0.836. The molecule has 0 bridgehead atoms. The maximum absolute atomic E-state index is 13.8. The third kappa shape index (κ3) is 4.23. The number of sulfonamides is 1. The van der Waals surface area contributed by atoms with Gasteiger partial charge in [0.15, 0.2) is 0 Å². The largest absolute Gasteiger partial charge is 0.298 e. The lowest BCUT2D eigenvalue weighted by molar-refractivity contribution is 0.274. The van der Waals surface area contributed by atoms with E-state index in [1.54, 1.807) is 18.2 Å². The first kappa shape index (κ1) is 18.0. The summed E-state index contributed by atoms with van der Waals surface area (Å²) in [5.74, 6) is -0.714. The molecule has 134 valence electrons. The smallest absolute Gasteiger partial charge is 0.243 e. The normalized spacial score (nSPS) is 17.4. The fraction of sp³-hybridized carbons (Fsp3) is 0.333. The summed E-state index contributed by atoms with van der Waals surface area (Å²) in [7, 11) is -3.64. The molecule has 25 heavy (non-hydrogen) atoms. The van der Waals surface area contributed by atoms with Gasteiger partial charge in [0.2, 0.25) is 10.0 Å². The summed E-state index contributed by atoms with van der Waals surface area (Å²) in [6.45, 7) is 2.40. The average Bonchev–Trinajstić information content (AvgIpc) is 2.83. The predicted molar refractivity (Wildman–Crippen MR) is 91.5 cm³/mol. The molecule has 0 spiro atoms. The molecular formula is C18H20F2N2O2S. The zero-order chi connectivity index (χ0) is 17.9. The zero-order valence-electron chi connectivity index (χ0n) is 13.7. The molecule has 1 aliphatic heterocycles. The van der Waals surface area contributed by atoms with Crippen LogP contribution >= 0.6 is 0 Å². The van der Waals surface area contributed by atoms with Crippen LogP contribution in [-0.4, -0.2) is 43.8 Å². The van der Waals surface area contributed by atoms with Gasteiger partial charge in [-0.05, 0) is 43.3 Å². The summed E-state index contributed by atoms with van der Waals surface area (Å²) in [6, 6.07) is 11.5. The van der Waals surface area contributed by atoms with Crippen LogP contribution in [0.25, 0.3) is 0 Å². The van der Waals surface area contributed by atoms with Gasteiger partial charge in [-0.1, -0.05) is 18.2 Å². The van der Waals surface area contributed by atoms with Gasteiger partial charge in [-0.2, -0.15) is 4.31 Å². The van der Waals surface area contributed by atoms with Crippen molar-refractivity contribution in [3.8, 4) is 0 Å². The molecule has 1 aliphatic rings. The van der Waals surface area contributed by atoms with E-state index in [1.165, 1.54) is 22.5 Å². The van der Waals surface area contributed by atoms with Crippen molar-refractivity contribution in [3.63, 3.8) is 0 Å². The summed E-state index contributed by atoms with van der Waals surface area (Å²) >= 11 is 0. The van der Waals surface area contributed by atoms with Crippen LogP contribution in [0, 0.1) is 11.6 Å². The molecule has 0 atom stereocenters. The number of benzene rings is 2. The standard InChI is InChI=1S/C18H20F2N2O2S/c19-16-6-8-17(9-7-16)25(23,24)22-11-3-10-21(12-13-22)14-15-4-1-2-5-18(15)20/h1-2,4-9H,3,10-14H2. The highest BCUT2D eigenvalue weighted by Gasteiger charge is 2.27. The summed E-state index contributed by atoms with van der Waals surface area (Å²) in [4.78, 5) is 2.15. The van der Waals surface area contributed by atoms with Gasteiger partial charge in [-0.15, -0.1) is 0 Å². The summed E-state index contributed by atoms with van der Waals surface area (Å²) in [5, 5.41) is 0. The Hall–Kier alpha value is -1.83. The molecule has 4 nitrogen and oxygen atoms in total. The number of nitrogens with zero attached hydrogens (tertiary/aromatic N) is 2. The van der Waals surface area contributed by atoms with Gasteiger partial charge < -0.3 is 0 Å². The van der Waals surface area contributed by atoms with Crippen molar-refractivity contribution < 1.29 is 17.2 Å². The minimum atomic E-state index is -3.64. The first-order valence-corrected chi connectivity index (χ1v) is 9.62. The third-order valence-electron chi connectivity index (χ3n) is 4.35. The number of hydrogen-bond acceptors (Lipinski definition) is 3. The minimum absolute atomic E-state index is 0.0939. The SMILES string of the molecule is O=S(=O)(c1ccc(F)cc1)N1CCCN(Cc2ccccc2F)CC1. The van der Waals surface area contributed by atoms with Crippen LogP contribution in [0.2, 0.25) is 0 Å². The van der Waals surface area contributed by atoms with Crippen LogP contribution in [0.5, 0.6) is 0 Å². The highest BCUT2D eigenvalue weighted by atomic mass is 32.2. The lowest BCUT2D eigenvalue weighted by Crippen LogP contribution is -2.35. The molecule has 2 aromatic carbocycles. The van der Waals surface area contributed by atoms with E-state index >= 15 is 0 Å². The molecule has 0 aliphatic carbocycles. The fourth-order valence-electron chi connectivity index (χ4n) is 2.97. The maximum atomic E-state index is 13.8. The van der Waals surface area contributed by atoms with Gasteiger partial charge in [0, 0.05) is 31.7 Å². The van der Waals surface area contributed by atoms with E-state index in [0.29, 0.717) is 44.7 Å². The Balaban J connectivity index is 1.69. The summed E-state index contributed by atoms with van der Waals surface area (Å²) in [5.41, 5.74) is 0.609. The average molecular weight is 366 g/mol. The second-order valence-electron chi connectivity index (χ2n) is 6.08. The first-order chi connectivity index (χ1) is 12.0. The predicted octanol–water partition coefficient (Wildman–Crippen LogP) is 2.86. The van der Waals surface area contributed by atoms with Gasteiger partial charge in [0.1, 0.15) is 11.6 Å². The molecule has 7 heteroatoms. The zero-order valence-corrected chi connectivity index (χ0v) is 14.6. The van der Waals surface area contributed by atoms with Crippen molar-refractivity contribution in [2.24, 2.45) is 0 Å². The van der Waals surface area contributed by atoms with Gasteiger partial charge in [-0.3, -0.25) is 4.90 Å². The number of rotatable bonds is 4. The van der Waals surface area contributed by atoms with Crippen molar-refractivity contribution >= 4 is 10.0 Å². The van der Waals surface area contributed by atoms with E-state index in [-0.39, 0.29) is 10.7 Å². The van der Waals surface area contributed by atoms with Crippen LogP contribution < -0.4 is 0 Å². The molecule has 0 aromatic heterocycles. The van der Waals surface area contributed by atoms with Crippen molar-refractivity contribution in [2.45, 2.75) is 17.9 Å². The molecule has 1 heterocycles. The highest BCUT2D eigenvalue weighted by Crippen LogP contribution is 2.19. The Morgan fingerprint density at radius 1 is 0.880 bits per heavy atom. The maximum Gasteiger partial charge on any atom is 0.243 e. The molecule has 1 saturated heterocycles. The number of halogens is 2. The second kappa shape index (κ2) is 7.59. The molecule has 3 rings (SSSR count). The fourth-order valence-corrected chi connectivity index (χ4v) is 4.44. The van der Waals surface area contributed by atoms with Crippen LogP contribution in [0.4, 0.5) is 8.78 Å². The third-order valence-corrected chi connectivity index (χ3v) is 6.26. The highest BCUT2D eigenvalue weighted by molar-refractivity contribution is 7.89. The van der Waals surface area contributed by atoms with Gasteiger partial charge in [0.05, 0.1) is 4.90 Å². The van der Waals surface area contributed by atoms with Gasteiger partial charge in [0.25, 0.3) is 0 Å². The van der Waals surface area contributed by atoms with E-state index in [9.17, 15) is 17.2 Å². The van der Waals surface area contributed by atoms with Crippen LogP contribution in [0.3, 0.4) is 0 Å². The van der Waals surface area contributed by atoms with Crippen LogP contribution in [-0.2, 0) is 16.6 Å². The van der Waals surface area contributed by atoms with Crippen LogP contribution in [0.15, 0.2) is 53.4 Å². The summed E-state index contributed by atoms with van der Waals surface area (Å²) < 4.78 is 53.6. The van der Waals surface area contributed by atoms with Gasteiger partial charge >= 0.3 is 0 Å². The Morgan fingerprint density at radius 3 is 2.32 bits per heavy atom. The molecule has 2 aromatic rings. The van der Waals surface area contributed by atoms with Crippen molar-refractivity contribution in [3.05, 3.63) is 65.7 Å². The summed E-state index contributed by atoms with van der Waals surface area (Å²) in [6.07, 6.45) is 0.662. The van der Waals surface area contributed by atoms with Crippen molar-refractivity contribution in [1.29, 1.82) is 0 Å². The Kier molecular flexibility index (Phi) is 5.46. The van der Waals surface area contributed by atoms with E-state index in [1.807, 2.05) is 0 Å². The van der Waals surface area contributed by atoms with Gasteiger partial charge in [-0.25, -0.2) is 17.2 Å². The lowest BCUT2D eigenvalue weighted by Gasteiger charge is -2.22. The molecular weight excluding hydrogens is 346 g/mol. The number of hydrogen-bond donors (Lipinski definition) is 0. The Labute approximate surface area is 146 Å².